The highest BCUT2D eigenvalue weighted by molar-refractivity contribution is 5.16. The molecule has 0 bridgehead atoms. The van der Waals surface area contributed by atoms with Crippen LogP contribution in [0.1, 0.15) is 31.4 Å². The second-order valence-corrected chi connectivity index (χ2v) is 4.14. The van der Waals surface area contributed by atoms with E-state index in [1.807, 2.05) is 6.07 Å². The lowest BCUT2D eigenvalue weighted by atomic mass is 10.1. The van der Waals surface area contributed by atoms with Crippen molar-refractivity contribution in [2.45, 2.75) is 32.0 Å². The van der Waals surface area contributed by atoms with E-state index in [4.69, 9.17) is 4.74 Å². The van der Waals surface area contributed by atoms with Crippen molar-refractivity contribution in [1.29, 1.82) is 0 Å². The second-order valence-electron chi connectivity index (χ2n) is 4.14. The first-order valence-electron chi connectivity index (χ1n) is 5.77. The summed E-state index contributed by atoms with van der Waals surface area (Å²) in [6, 6.07) is 10.4. The van der Waals surface area contributed by atoms with Gasteiger partial charge in [0.05, 0.1) is 12.2 Å². The van der Waals surface area contributed by atoms with Gasteiger partial charge >= 0.3 is 0 Å². The second kappa shape index (κ2) is 5.29. The molecule has 0 amide bonds. The molecule has 0 spiro atoms. The molecule has 1 aliphatic heterocycles. The number of rotatable bonds is 3. The number of nitrogens with one attached hydrogen (secondary N) is 1. The minimum absolute atomic E-state index is 0.217. The van der Waals surface area contributed by atoms with Crippen molar-refractivity contribution < 1.29 is 4.74 Å². The van der Waals surface area contributed by atoms with E-state index in [1.54, 1.807) is 0 Å². The van der Waals surface area contributed by atoms with Crippen LogP contribution in [0.2, 0.25) is 0 Å². The SMILES string of the molecule is C[C@@H](OC1CCNCC1)c1ccccc1. The van der Waals surface area contributed by atoms with Crippen LogP contribution >= 0.6 is 0 Å². The normalized spacial score (nSPS) is 20.1. The Labute approximate surface area is 91.6 Å². The molecule has 1 aromatic rings. The monoisotopic (exact) mass is 205 g/mol. The first-order valence-corrected chi connectivity index (χ1v) is 5.77. The summed E-state index contributed by atoms with van der Waals surface area (Å²) in [5.41, 5.74) is 1.27. The Bertz CT molecular complexity index is 280. The maximum Gasteiger partial charge on any atom is 0.0800 e. The van der Waals surface area contributed by atoms with Gasteiger partial charge in [-0.15, -0.1) is 0 Å². The van der Waals surface area contributed by atoms with E-state index in [-0.39, 0.29) is 6.10 Å². The molecule has 1 N–H and O–H groups in total. The first-order chi connectivity index (χ1) is 7.36. The predicted octanol–water partition coefficient (Wildman–Crippen LogP) is 2.52. The summed E-state index contributed by atoms with van der Waals surface area (Å²) < 4.78 is 6.04. The molecule has 0 saturated carbocycles. The van der Waals surface area contributed by atoms with Crippen LogP contribution in [0.25, 0.3) is 0 Å². The van der Waals surface area contributed by atoms with Gasteiger partial charge in [0, 0.05) is 0 Å². The van der Waals surface area contributed by atoms with Gasteiger partial charge in [-0.2, -0.15) is 0 Å². The van der Waals surface area contributed by atoms with Crippen molar-refractivity contribution in [3.63, 3.8) is 0 Å². The van der Waals surface area contributed by atoms with Gasteiger partial charge in [0.1, 0.15) is 0 Å². The van der Waals surface area contributed by atoms with E-state index in [9.17, 15) is 0 Å². The molecule has 0 radical (unpaired) electrons. The topological polar surface area (TPSA) is 21.3 Å². The number of hydrogen-bond donors (Lipinski definition) is 1. The van der Waals surface area contributed by atoms with E-state index in [0.29, 0.717) is 6.10 Å². The van der Waals surface area contributed by atoms with Crippen molar-refractivity contribution in [2.24, 2.45) is 0 Å². The highest BCUT2D eigenvalue weighted by Gasteiger charge is 2.16. The Morgan fingerprint density at radius 3 is 2.53 bits per heavy atom. The minimum Gasteiger partial charge on any atom is -0.370 e. The third-order valence-electron chi connectivity index (χ3n) is 2.95. The lowest BCUT2D eigenvalue weighted by molar-refractivity contribution is -0.0186. The van der Waals surface area contributed by atoms with Gasteiger partial charge in [-0.1, -0.05) is 30.3 Å². The van der Waals surface area contributed by atoms with Gasteiger partial charge in [-0.3, -0.25) is 0 Å². The molecule has 0 unspecified atom stereocenters. The predicted molar refractivity (Wildman–Crippen MR) is 61.8 cm³/mol. The largest absolute Gasteiger partial charge is 0.370 e. The fourth-order valence-corrected chi connectivity index (χ4v) is 2.02. The fraction of sp³-hybridized carbons (Fsp3) is 0.538. The van der Waals surface area contributed by atoms with Gasteiger partial charge in [0.25, 0.3) is 0 Å². The molecule has 2 rings (SSSR count). The van der Waals surface area contributed by atoms with E-state index in [1.165, 1.54) is 5.56 Å². The zero-order valence-corrected chi connectivity index (χ0v) is 9.28. The summed E-state index contributed by atoms with van der Waals surface area (Å²) in [7, 11) is 0. The standard InChI is InChI=1S/C13H19NO/c1-11(12-5-3-2-4-6-12)15-13-7-9-14-10-8-13/h2-6,11,13-14H,7-10H2,1H3/t11-/m1/s1. The van der Waals surface area contributed by atoms with Crippen LogP contribution < -0.4 is 5.32 Å². The molecule has 0 aromatic heterocycles. The average Bonchev–Trinajstić information content (AvgIpc) is 2.31. The molecule has 15 heavy (non-hydrogen) atoms. The van der Waals surface area contributed by atoms with Crippen LogP contribution in [-0.4, -0.2) is 19.2 Å². The molecule has 1 heterocycles. The zero-order valence-electron chi connectivity index (χ0n) is 9.28. The van der Waals surface area contributed by atoms with Crippen LogP contribution in [0.15, 0.2) is 30.3 Å². The number of hydrogen-bond acceptors (Lipinski definition) is 2. The van der Waals surface area contributed by atoms with Gasteiger partial charge < -0.3 is 10.1 Å². The molecule has 1 atom stereocenters. The molecular formula is C13H19NO. The van der Waals surface area contributed by atoms with Crippen molar-refractivity contribution in [3.8, 4) is 0 Å². The lowest BCUT2D eigenvalue weighted by Gasteiger charge is -2.26. The van der Waals surface area contributed by atoms with Gasteiger partial charge in [-0.05, 0) is 38.4 Å². The molecule has 2 heteroatoms. The van der Waals surface area contributed by atoms with E-state index in [2.05, 4.69) is 36.5 Å². The van der Waals surface area contributed by atoms with Crippen LogP contribution in [0, 0.1) is 0 Å². The Morgan fingerprint density at radius 2 is 1.87 bits per heavy atom. The summed E-state index contributed by atoms with van der Waals surface area (Å²) in [5.74, 6) is 0. The Hall–Kier alpha value is -0.860. The van der Waals surface area contributed by atoms with Crippen LogP contribution in [0.5, 0.6) is 0 Å². The first kappa shape index (κ1) is 10.7. The van der Waals surface area contributed by atoms with Crippen LogP contribution in [0.3, 0.4) is 0 Å². The van der Waals surface area contributed by atoms with E-state index >= 15 is 0 Å². The molecule has 1 aliphatic rings. The summed E-state index contributed by atoms with van der Waals surface area (Å²) in [5, 5.41) is 3.35. The highest BCUT2D eigenvalue weighted by atomic mass is 16.5. The van der Waals surface area contributed by atoms with Crippen LogP contribution in [0.4, 0.5) is 0 Å². The van der Waals surface area contributed by atoms with E-state index in [0.717, 1.165) is 25.9 Å². The molecule has 1 aromatic carbocycles. The van der Waals surface area contributed by atoms with Gasteiger partial charge in [0.2, 0.25) is 0 Å². The quantitative estimate of drug-likeness (QED) is 0.818. The van der Waals surface area contributed by atoms with Crippen molar-refractivity contribution in [3.05, 3.63) is 35.9 Å². The lowest BCUT2D eigenvalue weighted by Crippen LogP contribution is -2.32. The smallest absolute Gasteiger partial charge is 0.0800 e. The van der Waals surface area contributed by atoms with Crippen LogP contribution in [-0.2, 0) is 4.74 Å². The minimum atomic E-state index is 0.217. The Balaban J connectivity index is 1.88. The molecule has 0 aliphatic carbocycles. The zero-order chi connectivity index (χ0) is 10.5. The summed E-state index contributed by atoms with van der Waals surface area (Å²) >= 11 is 0. The third kappa shape index (κ3) is 3.05. The van der Waals surface area contributed by atoms with Crippen molar-refractivity contribution in [1.82, 2.24) is 5.32 Å². The average molecular weight is 205 g/mol. The molecule has 1 fully saturated rings. The summed E-state index contributed by atoms with van der Waals surface area (Å²) in [4.78, 5) is 0. The third-order valence-corrected chi connectivity index (χ3v) is 2.95. The molecule has 1 saturated heterocycles. The molecule has 82 valence electrons. The highest BCUT2D eigenvalue weighted by Crippen LogP contribution is 2.21. The van der Waals surface area contributed by atoms with Gasteiger partial charge in [-0.25, -0.2) is 0 Å². The number of ether oxygens (including phenoxy) is 1. The van der Waals surface area contributed by atoms with E-state index < -0.39 is 0 Å². The Morgan fingerprint density at radius 1 is 1.20 bits per heavy atom. The maximum absolute atomic E-state index is 6.04. The van der Waals surface area contributed by atoms with Gasteiger partial charge in [0.15, 0.2) is 0 Å². The fourth-order valence-electron chi connectivity index (χ4n) is 2.02. The van der Waals surface area contributed by atoms with Crippen molar-refractivity contribution in [2.75, 3.05) is 13.1 Å². The number of piperidine rings is 1. The summed E-state index contributed by atoms with van der Waals surface area (Å²) in [6.45, 7) is 4.32. The summed E-state index contributed by atoms with van der Waals surface area (Å²) in [6.07, 6.45) is 2.92. The number of benzene rings is 1. The van der Waals surface area contributed by atoms with Crippen molar-refractivity contribution >= 4 is 0 Å². The maximum atomic E-state index is 6.04. The molecular weight excluding hydrogens is 186 g/mol. The Kier molecular flexibility index (Phi) is 3.75. The molecule has 2 nitrogen and oxygen atoms in total.